The second kappa shape index (κ2) is 9.49. The first-order valence-electron chi connectivity index (χ1n) is 10.8. The molecule has 8 heteroatoms. The van der Waals surface area contributed by atoms with Crippen LogP contribution >= 0.6 is 11.3 Å². The van der Waals surface area contributed by atoms with E-state index in [4.69, 9.17) is 0 Å². The number of carbonyl (C=O) groups is 1. The maximum atomic E-state index is 12.8. The smallest absolute Gasteiger partial charge is 0.252 e. The number of hydrogen-bond donors (Lipinski definition) is 1. The van der Waals surface area contributed by atoms with E-state index in [1.54, 1.807) is 16.4 Å². The predicted octanol–water partition coefficient (Wildman–Crippen LogP) is 4.09. The molecule has 30 heavy (non-hydrogen) atoms. The summed E-state index contributed by atoms with van der Waals surface area (Å²) < 4.78 is 27.6. The van der Waals surface area contributed by atoms with Crippen LogP contribution in [-0.2, 0) is 21.2 Å². The van der Waals surface area contributed by atoms with E-state index in [9.17, 15) is 13.2 Å². The van der Waals surface area contributed by atoms with Crippen LogP contribution in [0.15, 0.2) is 40.6 Å². The van der Waals surface area contributed by atoms with Crippen molar-refractivity contribution in [1.82, 2.24) is 4.31 Å². The van der Waals surface area contributed by atoms with E-state index in [2.05, 4.69) is 16.3 Å². The number of hydrogen-bond acceptors (Lipinski definition) is 5. The Labute approximate surface area is 182 Å². The fourth-order valence-corrected chi connectivity index (χ4v) is 7.19. The van der Waals surface area contributed by atoms with Gasteiger partial charge in [-0.05, 0) is 56.4 Å². The van der Waals surface area contributed by atoms with Crippen LogP contribution in [0.4, 0.5) is 11.4 Å². The highest BCUT2D eigenvalue weighted by Gasteiger charge is 2.27. The zero-order valence-electron chi connectivity index (χ0n) is 17.2. The average molecular weight is 448 g/mol. The van der Waals surface area contributed by atoms with Crippen molar-refractivity contribution < 1.29 is 13.2 Å². The van der Waals surface area contributed by atoms with Crippen molar-refractivity contribution in [2.75, 3.05) is 36.4 Å². The summed E-state index contributed by atoms with van der Waals surface area (Å²) in [4.78, 5) is 15.8. The summed E-state index contributed by atoms with van der Waals surface area (Å²) in [5, 5.41) is 3.03. The molecule has 3 heterocycles. The SMILES string of the molecule is O=C(Cc1ccc(S(=O)(=O)N2CCCCC2)s1)Nc1ccccc1N1CCCCC1. The minimum Gasteiger partial charge on any atom is -0.370 e. The van der Waals surface area contributed by atoms with Gasteiger partial charge in [0.05, 0.1) is 17.8 Å². The zero-order valence-corrected chi connectivity index (χ0v) is 18.8. The molecule has 1 N–H and O–H groups in total. The van der Waals surface area contributed by atoms with Crippen LogP contribution in [0.1, 0.15) is 43.4 Å². The molecule has 1 aromatic heterocycles. The lowest BCUT2D eigenvalue weighted by atomic mass is 10.1. The first-order valence-corrected chi connectivity index (χ1v) is 13.0. The molecule has 0 aliphatic carbocycles. The third-order valence-corrected chi connectivity index (χ3v) is 9.21. The van der Waals surface area contributed by atoms with Gasteiger partial charge in [0.15, 0.2) is 0 Å². The summed E-state index contributed by atoms with van der Waals surface area (Å²) in [6.45, 7) is 3.19. The van der Waals surface area contributed by atoms with Crippen molar-refractivity contribution >= 4 is 38.6 Å². The summed E-state index contributed by atoms with van der Waals surface area (Å²) in [6, 6.07) is 11.3. The Morgan fingerprint density at radius 1 is 0.900 bits per heavy atom. The molecule has 6 nitrogen and oxygen atoms in total. The number of nitrogens with zero attached hydrogens (tertiary/aromatic N) is 2. The quantitative estimate of drug-likeness (QED) is 0.724. The summed E-state index contributed by atoms with van der Waals surface area (Å²) >= 11 is 1.20. The molecule has 2 aliphatic rings. The molecular formula is C22H29N3O3S2. The highest BCUT2D eigenvalue weighted by Crippen LogP contribution is 2.30. The van der Waals surface area contributed by atoms with Crippen molar-refractivity contribution in [3.63, 3.8) is 0 Å². The Morgan fingerprint density at radius 2 is 1.57 bits per heavy atom. The Bertz CT molecular complexity index is 975. The van der Waals surface area contributed by atoms with Crippen LogP contribution in [-0.4, -0.2) is 44.8 Å². The van der Waals surface area contributed by atoms with Crippen molar-refractivity contribution in [2.45, 2.75) is 49.2 Å². The normalized spacial score (nSPS) is 18.3. The minimum absolute atomic E-state index is 0.122. The van der Waals surface area contributed by atoms with Gasteiger partial charge in [-0.1, -0.05) is 18.6 Å². The summed E-state index contributed by atoms with van der Waals surface area (Å²) in [5.74, 6) is -0.122. The van der Waals surface area contributed by atoms with Crippen LogP contribution in [0.3, 0.4) is 0 Å². The van der Waals surface area contributed by atoms with Gasteiger partial charge in [0.2, 0.25) is 5.91 Å². The molecule has 2 saturated heterocycles. The van der Waals surface area contributed by atoms with Gasteiger partial charge in [-0.3, -0.25) is 4.79 Å². The molecular weight excluding hydrogens is 418 g/mol. The van der Waals surface area contributed by atoms with E-state index < -0.39 is 10.0 Å². The van der Waals surface area contributed by atoms with Gasteiger partial charge in [-0.2, -0.15) is 4.31 Å². The predicted molar refractivity (Wildman–Crippen MR) is 122 cm³/mol. The molecule has 4 rings (SSSR count). The number of piperidine rings is 2. The number of thiophene rings is 1. The van der Waals surface area contributed by atoms with Crippen molar-refractivity contribution in [1.29, 1.82) is 0 Å². The summed E-state index contributed by atoms with van der Waals surface area (Å²) in [5.41, 5.74) is 1.88. The van der Waals surface area contributed by atoms with Gasteiger partial charge in [0.25, 0.3) is 10.0 Å². The van der Waals surface area contributed by atoms with Crippen LogP contribution in [0.2, 0.25) is 0 Å². The number of anilines is 2. The molecule has 2 fully saturated rings. The Morgan fingerprint density at radius 3 is 2.30 bits per heavy atom. The average Bonchev–Trinajstić information content (AvgIpc) is 3.24. The maximum Gasteiger partial charge on any atom is 0.252 e. The van der Waals surface area contributed by atoms with E-state index in [1.807, 2.05) is 18.2 Å². The number of amides is 1. The standard InChI is InChI=1S/C22H29N3O3S2/c26-21(23-19-9-3-4-10-20(19)24-13-5-1-6-14-24)17-18-11-12-22(29-18)30(27,28)25-15-7-2-8-16-25/h3-4,9-12H,1-2,5-8,13-17H2,(H,23,26). The number of para-hydroxylation sites is 2. The topological polar surface area (TPSA) is 69.7 Å². The molecule has 0 unspecified atom stereocenters. The van der Waals surface area contributed by atoms with Gasteiger partial charge < -0.3 is 10.2 Å². The molecule has 0 saturated carbocycles. The van der Waals surface area contributed by atoms with Crippen LogP contribution in [0, 0.1) is 0 Å². The fourth-order valence-electron chi connectivity index (χ4n) is 4.17. The largest absolute Gasteiger partial charge is 0.370 e. The number of sulfonamides is 1. The second-order valence-electron chi connectivity index (χ2n) is 7.98. The van der Waals surface area contributed by atoms with E-state index in [0.29, 0.717) is 17.3 Å². The molecule has 0 radical (unpaired) electrons. The molecule has 2 aromatic rings. The van der Waals surface area contributed by atoms with E-state index >= 15 is 0 Å². The molecule has 1 aromatic carbocycles. The number of carbonyl (C=O) groups excluding carboxylic acids is 1. The van der Waals surface area contributed by atoms with Gasteiger partial charge in [-0.25, -0.2) is 8.42 Å². The van der Waals surface area contributed by atoms with Crippen LogP contribution in [0.5, 0.6) is 0 Å². The van der Waals surface area contributed by atoms with E-state index in [0.717, 1.165) is 48.6 Å². The highest BCUT2D eigenvalue weighted by atomic mass is 32.2. The van der Waals surface area contributed by atoms with Crippen molar-refractivity contribution in [3.05, 3.63) is 41.3 Å². The molecule has 0 atom stereocenters. The zero-order chi connectivity index (χ0) is 21.0. The summed E-state index contributed by atoms with van der Waals surface area (Å²) in [6.07, 6.45) is 6.69. The lowest BCUT2D eigenvalue weighted by Crippen LogP contribution is -2.35. The van der Waals surface area contributed by atoms with Gasteiger partial charge >= 0.3 is 0 Å². The fraction of sp³-hybridized carbons (Fsp3) is 0.500. The third-order valence-electron chi connectivity index (χ3n) is 5.76. The molecule has 0 bridgehead atoms. The van der Waals surface area contributed by atoms with Crippen LogP contribution < -0.4 is 10.2 Å². The number of benzene rings is 1. The second-order valence-corrected chi connectivity index (χ2v) is 11.3. The highest BCUT2D eigenvalue weighted by molar-refractivity contribution is 7.91. The first kappa shape index (κ1) is 21.3. The van der Waals surface area contributed by atoms with Gasteiger partial charge in [-0.15, -0.1) is 11.3 Å². The monoisotopic (exact) mass is 447 g/mol. The molecule has 0 spiro atoms. The van der Waals surface area contributed by atoms with Crippen molar-refractivity contribution in [3.8, 4) is 0 Å². The number of rotatable bonds is 6. The van der Waals surface area contributed by atoms with Crippen molar-refractivity contribution in [2.24, 2.45) is 0 Å². The first-order chi connectivity index (χ1) is 14.5. The molecule has 1 amide bonds. The molecule has 162 valence electrons. The summed E-state index contributed by atoms with van der Waals surface area (Å²) in [7, 11) is -3.44. The Kier molecular flexibility index (Phi) is 6.75. The lowest BCUT2D eigenvalue weighted by molar-refractivity contribution is -0.115. The van der Waals surface area contributed by atoms with Gasteiger partial charge in [0.1, 0.15) is 4.21 Å². The van der Waals surface area contributed by atoms with E-state index in [1.165, 1.54) is 30.6 Å². The third kappa shape index (κ3) is 4.87. The number of nitrogens with one attached hydrogen (secondary N) is 1. The van der Waals surface area contributed by atoms with Crippen LogP contribution in [0.25, 0.3) is 0 Å². The van der Waals surface area contributed by atoms with E-state index in [-0.39, 0.29) is 12.3 Å². The Balaban J connectivity index is 1.42. The molecule has 2 aliphatic heterocycles. The van der Waals surface area contributed by atoms with Gasteiger partial charge in [0, 0.05) is 31.1 Å². The minimum atomic E-state index is -3.44. The maximum absolute atomic E-state index is 12.8. The lowest BCUT2D eigenvalue weighted by Gasteiger charge is -2.30. The Hall–Kier alpha value is -1.90.